The number of nitrogens with one attached hydrogen (secondary N) is 1. The number of hydrogen-bond acceptors (Lipinski definition) is 4. The molecule has 2 heterocycles. The third-order valence-electron chi connectivity index (χ3n) is 4.57. The first kappa shape index (κ1) is 16.9. The van der Waals surface area contributed by atoms with E-state index in [0.717, 1.165) is 22.4 Å². The number of nitrogens with zero attached hydrogens (tertiary/aromatic N) is 5. The van der Waals surface area contributed by atoms with E-state index in [1.165, 1.54) is 11.0 Å². The van der Waals surface area contributed by atoms with Gasteiger partial charge in [-0.2, -0.15) is 9.90 Å². The summed E-state index contributed by atoms with van der Waals surface area (Å²) in [6, 6.07) is 25.0. The molecule has 0 saturated carbocycles. The van der Waals surface area contributed by atoms with Crippen molar-refractivity contribution < 1.29 is 4.79 Å². The van der Waals surface area contributed by atoms with Crippen LogP contribution in [-0.2, 0) is 0 Å². The molecule has 0 bridgehead atoms. The average Bonchev–Trinajstić information content (AvgIpc) is 3.43. The lowest BCUT2D eigenvalue weighted by molar-refractivity contribution is 0.102. The highest BCUT2D eigenvalue weighted by Crippen LogP contribution is 2.20. The summed E-state index contributed by atoms with van der Waals surface area (Å²) >= 11 is 0. The van der Waals surface area contributed by atoms with Crippen LogP contribution in [0.15, 0.2) is 91.4 Å². The van der Waals surface area contributed by atoms with E-state index < -0.39 is 0 Å². The van der Waals surface area contributed by atoms with Crippen LogP contribution < -0.4 is 5.32 Å². The maximum Gasteiger partial charge on any atom is 0.277 e. The van der Waals surface area contributed by atoms with Crippen molar-refractivity contribution in [2.45, 2.75) is 0 Å². The molecular weight excluding hydrogens is 364 g/mol. The number of anilines is 1. The Morgan fingerprint density at radius 1 is 0.828 bits per heavy atom. The first-order valence-corrected chi connectivity index (χ1v) is 9.09. The molecule has 7 heteroatoms. The second-order valence-electron chi connectivity index (χ2n) is 6.46. The Kier molecular flexibility index (Phi) is 4.10. The summed E-state index contributed by atoms with van der Waals surface area (Å²) in [6.07, 6.45) is 3.24. The van der Waals surface area contributed by atoms with Gasteiger partial charge in [0.1, 0.15) is 6.33 Å². The molecule has 1 amide bonds. The van der Waals surface area contributed by atoms with Crippen LogP contribution in [0, 0.1) is 0 Å². The topological polar surface area (TPSA) is 77.6 Å². The van der Waals surface area contributed by atoms with Gasteiger partial charge in [0, 0.05) is 11.4 Å². The first-order chi connectivity index (χ1) is 14.3. The van der Waals surface area contributed by atoms with Gasteiger partial charge in [0.05, 0.1) is 22.9 Å². The Labute approximate surface area is 166 Å². The highest BCUT2D eigenvalue weighted by atomic mass is 16.2. The number of benzene rings is 3. The van der Waals surface area contributed by atoms with E-state index in [1.807, 2.05) is 83.4 Å². The summed E-state index contributed by atoms with van der Waals surface area (Å²) < 4.78 is 2.01. The van der Waals surface area contributed by atoms with Gasteiger partial charge in [-0.25, -0.2) is 4.98 Å². The molecule has 1 N–H and O–H groups in total. The van der Waals surface area contributed by atoms with Gasteiger partial charge in [0.2, 0.25) is 0 Å². The summed E-state index contributed by atoms with van der Waals surface area (Å²) in [7, 11) is 0. The molecule has 140 valence electrons. The Balaban J connectivity index is 1.34. The van der Waals surface area contributed by atoms with E-state index in [0.29, 0.717) is 5.69 Å². The van der Waals surface area contributed by atoms with Crippen LogP contribution in [0.3, 0.4) is 0 Å². The number of carbonyl (C=O) groups is 1. The van der Waals surface area contributed by atoms with E-state index in [9.17, 15) is 4.79 Å². The lowest BCUT2D eigenvalue weighted by Gasteiger charge is -2.07. The normalized spacial score (nSPS) is 10.9. The van der Waals surface area contributed by atoms with Gasteiger partial charge < -0.3 is 5.32 Å². The smallest absolute Gasteiger partial charge is 0.277 e. The summed E-state index contributed by atoms with van der Waals surface area (Å²) in [5, 5.41) is 11.3. The van der Waals surface area contributed by atoms with Crippen molar-refractivity contribution in [1.82, 2.24) is 24.5 Å². The van der Waals surface area contributed by atoms with Gasteiger partial charge in [-0.05, 0) is 48.5 Å². The van der Waals surface area contributed by atoms with Crippen LogP contribution in [0.5, 0.6) is 0 Å². The number of carbonyl (C=O) groups excluding carboxylic acids is 1. The molecule has 7 nitrogen and oxygen atoms in total. The van der Waals surface area contributed by atoms with Crippen molar-refractivity contribution in [3.05, 3.63) is 97.1 Å². The molecule has 0 aliphatic carbocycles. The molecule has 0 fully saturated rings. The van der Waals surface area contributed by atoms with Gasteiger partial charge in [0.25, 0.3) is 5.91 Å². The van der Waals surface area contributed by atoms with Gasteiger partial charge in [-0.15, -0.1) is 5.10 Å². The maximum atomic E-state index is 12.5. The largest absolute Gasteiger partial charge is 0.321 e. The second-order valence-corrected chi connectivity index (χ2v) is 6.46. The van der Waals surface area contributed by atoms with Gasteiger partial charge >= 0.3 is 0 Å². The van der Waals surface area contributed by atoms with Crippen molar-refractivity contribution in [2.24, 2.45) is 0 Å². The molecule has 0 atom stereocenters. The summed E-state index contributed by atoms with van der Waals surface area (Å²) in [5.74, 6) is -0.312. The predicted octanol–water partition coefficient (Wildman–Crippen LogP) is 3.86. The molecule has 3 aromatic carbocycles. The number of imidazole rings is 1. The van der Waals surface area contributed by atoms with Crippen LogP contribution in [0.1, 0.15) is 10.5 Å². The number of amides is 1. The molecule has 0 radical (unpaired) electrons. The Bertz CT molecular complexity index is 1290. The SMILES string of the molecule is O=C(Nc1ccc(-n2cnc3ccccc32)cc1)c1cnn(-c2ccccc2)n1. The minimum absolute atomic E-state index is 0.249. The molecule has 0 spiro atoms. The van der Waals surface area contributed by atoms with E-state index in [4.69, 9.17) is 0 Å². The highest BCUT2D eigenvalue weighted by molar-refractivity contribution is 6.02. The number of aromatic nitrogens is 5. The monoisotopic (exact) mass is 380 g/mol. The molecule has 29 heavy (non-hydrogen) atoms. The third-order valence-corrected chi connectivity index (χ3v) is 4.57. The fraction of sp³-hybridized carbons (Fsp3) is 0. The Hall–Kier alpha value is -4.26. The minimum Gasteiger partial charge on any atom is -0.321 e. The van der Waals surface area contributed by atoms with Crippen molar-refractivity contribution in [3.63, 3.8) is 0 Å². The predicted molar refractivity (Wildman–Crippen MR) is 110 cm³/mol. The number of fused-ring (bicyclic) bond motifs is 1. The van der Waals surface area contributed by atoms with Crippen molar-refractivity contribution >= 4 is 22.6 Å². The molecule has 0 unspecified atom stereocenters. The van der Waals surface area contributed by atoms with Crippen LogP contribution >= 0.6 is 0 Å². The quantitative estimate of drug-likeness (QED) is 0.514. The number of para-hydroxylation sites is 3. The molecule has 0 aliphatic heterocycles. The van der Waals surface area contributed by atoms with Gasteiger partial charge in [0.15, 0.2) is 5.69 Å². The molecular formula is C22H16N6O. The lowest BCUT2D eigenvalue weighted by atomic mass is 10.2. The average molecular weight is 380 g/mol. The zero-order valence-electron chi connectivity index (χ0n) is 15.3. The fourth-order valence-corrected chi connectivity index (χ4v) is 3.12. The van der Waals surface area contributed by atoms with Crippen molar-refractivity contribution in [3.8, 4) is 11.4 Å². The van der Waals surface area contributed by atoms with E-state index in [1.54, 1.807) is 6.33 Å². The van der Waals surface area contributed by atoms with E-state index in [-0.39, 0.29) is 11.6 Å². The van der Waals surface area contributed by atoms with Crippen LogP contribution in [0.2, 0.25) is 0 Å². The highest BCUT2D eigenvalue weighted by Gasteiger charge is 2.12. The van der Waals surface area contributed by atoms with Crippen molar-refractivity contribution in [2.75, 3.05) is 5.32 Å². The molecule has 2 aromatic heterocycles. The van der Waals surface area contributed by atoms with Gasteiger partial charge in [-0.3, -0.25) is 9.36 Å². The standard InChI is InChI=1S/C22H16N6O/c29-22(20-14-24-28(26-20)18-6-2-1-3-7-18)25-16-10-12-17(13-11-16)27-15-23-19-8-4-5-9-21(19)27/h1-15H,(H,25,29). The lowest BCUT2D eigenvalue weighted by Crippen LogP contribution is -2.13. The van der Waals surface area contributed by atoms with Crippen LogP contribution in [-0.4, -0.2) is 30.5 Å². The third kappa shape index (κ3) is 3.25. The summed E-state index contributed by atoms with van der Waals surface area (Å²) in [5.41, 5.74) is 4.65. The first-order valence-electron chi connectivity index (χ1n) is 9.09. The fourth-order valence-electron chi connectivity index (χ4n) is 3.12. The van der Waals surface area contributed by atoms with E-state index in [2.05, 4.69) is 20.5 Å². The molecule has 5 rings (SSSR count). The van der Waals surface area contributed by atoms with Crippen LogP contribution in [0.4, 0.5) is 5.69 Å². The Morgan fingerprint density at radius 3 is 2.41 bits per heavy atom. The van der Waals surface area contributed by atoms with Crippen molar-refractivity contribution in [1.29, 1.82) is 0 Å². The van der Waals surface area contributed by atoms with Crippen LogP contribution in [0.25, 0.3) is 22.4 Å². The number of rotatable bonds is 4. The molecule has 0 aliphatic rings. The van der Waals surface area contributed by atoms with Gasteiger partial charge in [-0.1, -0.05) is 30.3 Å². The summed E-state index contributed by atoms with van der Waals surface area (Å²) in [6.45, 7) is 0. The van der Waals surface area contributed by atoms with E-state index >= 15 is 0 Å². The minimum atomic E-state index is -0.312. The maximum absolute atomic E-state index is 12.5. The Morgan fingerprint density at radius 2 is 1.59 bits per heavy atom. The zero-order chi connectivity index (χ0) is 19.6. The molecule has 0 saturated heterocycles. The second kappa shape index (κ2) is 7.05. The number of hydrogen-bond donors (Lipinski definition) is 1. The zero-order valence-corrected chi connectivity index (χ0v) is 15.3. The summed E-state index contributed by atoms with van der Waals surface area (Å²) in [4.78, 5) is 18.3. The molecule has 5 aromatic rings.